The third-order valence-electron chi connectivity index (χ3n) is 3.68. The van der Waals surface area contributed by atoms with E-state index in [1.807, 2.05) is 4.90 Å². The Kier molecular flexibility index (Phi) is 6.24. The molecular formula is C15H17ClN4O3S. The smallest absolute Gasteiger partial charge is 0.273 e. The number of amides is 1. The summed E-state index contributed by atoms with van der Waals surface area (Å²) in [4.78, 5) is 29.0. The second kappa shape index (κ2) is 8.18. The summed E-state index contributed by atoms with van der Waals surface area (Å²) in [5.41, 5.74) is 1.25. The molecule has 0 spiro atoms. The number of non-ortho nitro benzene ring substituents is 1. The van der Waals surface area contributed by atoms with Crippen LogP contribution in [0.15, 0.2) is 29.6 Å². The van der Waals surface area contributed by atoms with Crippen LogP contribution in [-0.2, 0) is 0 Å². The summed E-state index contributed by atoms with van der Waals surface area (Å²) < 4.78 is 0. The van der Waals surface area contributed by atoms with Crippen molar-refractivity contribution in [1.82, 2.24) is 15.2 Å². The lowest BCUT2D eigenvalue weighted by Gasteiger charge is -2.18. The Hall–Kier alpha value is -2.03. The van der Waals surface area contributed by atoms with Gasteiger partial charge in [-0.15, -0.1) is 23.7 Å². The molecular weight excluding hydrogens is 352 g/mol. The van der Waals surface area contributed by atoms with Crippen LogP contribution in [0.5, 0.6) is 0 Å². The van der Waals surface area contributed by atoms with Gasteiger partial charge >= 0.3 is 0 Å². The Labute approximate surface area is 149 Å². The summed E-state index contributed by atoms with van der Waals surface area (Å²) >= 11 is 1.37. The highest BCUT2D eigenvalue weighted by molar-refractivity contribution is 7.13. The van der Waals surface area contributed by atoms with Crippen LogP contribution in [0.2, 0.25) is 0 Å². The first-order valence-electron chi connectivity index (χ1n) is 7.35. The first-order chi connectivity index (χ1) is 11.1. The molecule has 0 atom stereocenters. The van der Waals surface area contributed by atoms with Crippen LogP contribution in [0.25, 0.3) is 10.6 Å². The van der Waals surface area contributed by atoms with Crippen molar-refractivity contribution in [3.63, 3.8) is 0 Å². The maximum Gasteiger partial charge on any atom is 0.273 e. The zero-order valence-corrected chi connectivity index (χ0v) is 14.4. The minimum atomic E-state index is -0.437. The highest BCUT2D eigenvalue weighted by Gasteiger charge is 2.20. The molecule has 1 N–H and O–H groups in total. The van der Waals surface area contributed by atoms with Crippen LogP contribution in [0.4, 0.5) is 5.69 Å². The Morgan fingerprint density at radius 2 is 2.00 bits per heavy atom. The van der Waals surface area contributed by atoms with E-state index in [4.69, 9.17) is 0 Å². The summed E-state index contributed by atoms with van der Waals surface area (Å²) in [7, 11) is 0. The van der Waals surface area contributed by atoms with Crippen molar-refractivity contribution >= 4 is 35.3 Å². The molecule has 128 valence electrons. The second-order valence-electron chi connectivity index (χ2n) is 5.24. The van der Waals surface area contributed by atoms with Crippen LogP contribution in [-0.4, -0.2) is 46.9 Å². The van der Waals surface area contributed by atoms with Crippen LogP contribution < -0.4 is 5.32 Å². The summed E-state index contributed by atoms with van der Waals surface area (Å²) in [6, 6.07) is 6.19. The van der Waals surface area contributed by atoms with Crippen LogP contribution in [0.3, 0.4) is 0 Å². The molecule has 0 saturated carbocycles. The third kappa shape index (κ3) is 4.08. The first kappa shape index (κ1) is 18.3. The lowest BCUT2D eigenvalue weighted by Crippen LogP contribution is -2.34. The van der Waals surface area contributed by atoms with E-state index in [-0.39, 0.29) is 24.0 Å². The summed E-state index contributed by atoms with van der Waals surface area (Å²) in [6.07, 6.45) is 0.936. The third-order valence-corrected chi connectivity index (χ3v) is 4.57. The minimum absolute atomic E-state index is 0. The standard InChI is InChI=1S/C15H16N4O3S.ClH/c20-15(18-8-1-6-16-7-9-18)13-10-23-14(17-13)11-2-4-12(5-3-11)19(21)22;/h2-5,10,16H,1,6-9H2;1H. The zero-order chi connectivity index (χ0) is 16.2. The van der Waals surface area contributed by atoms with Gasteiger partial charge in [-0.2, -0.15) is 0 Å². The predicted octanol–water partition coefficient (Wildman–Crippen LogP) is 2.58. The number of thiazole rings is 1. The van der Waals surface area contributed by atoms with E-state index in [1.54, 1.807) is 17.5 Å². The number of benzene rings is 1. The molecule has 2 heterocycles. The monoisotopic (exact) mass is 368 g/mol. The van der Waals surface area contributed by atoms with E-state index in [9.17, 15) is 14.9 Å². The van der Waals surface area contributed by atoms with Crippen LogP contribution in [0, 0.1) is 10.1 Å². The van der Waals surface area contributed by atoms with Gasteiger partial charge in [0.2, 0.25) is 0 Å². The van der Waals surface area contributed by atoms with Gasteiger partial charge < -0.3 is 10.2 Å². The van der Waals surface area contributed by atoms with Crippen molar-refractivity contribution in [2.75, 3.05) is 26.2 Å². The number of nitro benzene ring substituents is 1. The Balaban J connectivity index is 0.00000208. The van der Waals surface area contributed by atoms with Gasteiger partial charge in [-0.3, -0.25) is 14.9 Å². The van der Waals surface area contributed by atoms with E-state index in [0.29, 0.717) is 17.2 Å². The minimum Gasteiger partial charge on any atom is -0.336 e. The van der Waals surface area contributed by atoms with Crippen LogP contribution >= 0.6 is 23.7 Å². The summed E-state index contributed by atoms with van der Waals surface area (Å²) in [5, 5.41) is 16.4. The maximum absolute atomic E-state index is 12.5. The average molecular weight is 369 g/mol. The number of nitrogens with one attached hydrogen (secondary N) is 1. The van der Waals surface area contributed by atoms with Crippen molar-refractivity contribution in [3.8, 4) is 10.6 Å². The number of carbonyl (C=O) groups is 1. The molecule has 1 fully saturated rings. The fraction of sp³-hybridized carbons (Fsp3) is 0.333. The van der Waals surface area contributed by atoms with E-state index >= 15 is 0 Å². The van der Waals surface area contributed by atoms with Gasteiger partial charge in [-0.05, 0) is 25.1 Å². The fourth-order valence-electron chi connectivity index (χ4n) is 2.44. The zero-order valence-electron chi connectivity index (χ0n) is 12.8. The van der Waals surface area contributed by atoms with Gasteiger partial charge in [0, 0.05) is 42.7 Å². The molecule has 0 unspecified atom stereocenters. The molecule has 1 aromatic heterocycles. The molecule has 24 heavy (non-hydrogen) atoms. The Morgan fingerprint density at radius 3 is 2.71 bits per heavy atom. The predicted molar refractivity (Wildman–Crippen MR) is 94.8 cm³/mol. The van der Waals surface area contributed by atoms with E-state index in [1.165, 1.54) is 23.5 Å². The van der Waals surface area contributed by atoms with Gasteiger partial charge in [-0.25, -0.2) is 4.98 Å². The number of hydrogen-bond donors (Lipinski definition) is 1. The molecule has 1 aliphatic heterocycles. The second-order valence-corrected chi connectivity index (χ2v) is 6.10. The van der Waals surface area contributed by atoms with E-state index < -0.39 is 4.92 Å². The number of hydrogen-bond acceptors (Lipinski definition) is 6. The topological polar surface area (TPSA) is 88.4 Å². The maximum atomic E-state index is 12.5. The van der Waals surface area contributed by atoms with Crippen molar-refractivity contribution < 1.29 is 9.72 Å². The largest absolute Gasteiger partial charge is 0.336 e. The van der Waals surface area contributed by atoms with Crippen LogP contribution in [0.1, 0.15) is 16.9 Å². The number of nitro groups is 1. The normalized spacial score (nSPS) is 14.6. The Morgan fingerprint density at radius 1 is 1.25 bits per heavy atom. The highest BCUT2D eigenvalue weighted by atomic mass is 35.5. The SMILES string of the molecule is Cl.O=C(c1csc(-c2ccc([N+](=O)[O-])cc2)n1)N1CCCNCC1. The molecule has 9 heteroatoms. The molecule has 1 aromatic carbocycles. The highest BCUT2D eigenvalue weighted by Crippen LogP contribution is 2.26. The molecule has 1 amide bonds. The lowest BCUT2D eigenvalue weighted by molar-refractivity contribution is -0.384. The summed E-state index contributed by atoms with van der Waals surface area (Å²) in [6.45, 7) is 3.14. The number of nitrogens with zero attached hydrogens (tertiary/aromatic N) is 3. The van der Waals surface area contributed by atoms with Gasteiger partial charge in [0.25, 0.3) is 11.6 Å². The number of aromatic nitrogens is 1. The van der Waals surface area contributed by atoms with Crippen molar-refractivity contribution in [2.24, 2.45) is 0 Å². The molecule has 0 radical (unpaired) electrons. The van der Waals surface area contributed by atoms with Gasteiger partial charge in [0.15, 0.2) is 0 Å². The molecule has 2 aromatic rings. The van der Waals surface area contributed by atoms with Gasteiger partial charge in [-0.1, -0.05) is 0 Å². The quantitative estimate of drug-likeness (QED) is 0.664. The Bertz CT molecular complexity index is 712. The molecule has 0 bridgehead atoms. The lowest BCUT2D eigenvalue weighted by atomic mass is 10.2. The fourth-order valence-corrected chi connectivity index (χ4v) is 3.24. The van der Waals surface area contributed by atoms with Crippen molar-refractivity contribution in [2.45, 2.75) is 6.42 Å². The van der Waals surface area contributed by atoms with Gasteiger partial charge in [0.05, 0.1) is 4.92 Å². The number of rotatable bonds is 3. The van der Waals surface area contributed by atoms with Gasteiger partial charge in [0.1, 0.15) is 10.7 Å². The molecule has 1 aliphatic rings. The van der Waals surface area contributed by atoms with Crippen molar-refractivity contribution in [3.05, 3.63) is 45.5 Å². The van der Waals surface area contributed by atoms with Crippen molar-refractivity contribution in [1.29, 1.82) is 0 Å². The average Bonchev–Trinajstić information content (AvgIpc) is 2.90. The molecule has 1 saturated heterocycles. The van der Waals surface area contributed by atoms with E-state index in [0.717, 1.165) is 31.6 Å². The first-order valence-corrected chi connectivity index (χ1v) is 8.23. The number of carbonyl (C=O) groups excluding carboxylic acids is 1. The molecule has 7 nitrogen and oxygen atoms in total. The summed E-state index contributed by atoms with van der Waals surface area (Å²) in [5.74, 6) is -0.0573. The molecule has 0 aliphatic carbocycles. The number of halogens is 1. The molecule has 3 rings (SSSR count). The van der Waals surface area contributed by atoms with E-state index in [2.05, 4.69) is 10.3 Å².